The van der Waals surface area contributed by atoms with E-state index in [9.17, 15) is 9.18 Å². The summed E-state index contributed by atoms with van der Waals surface area (Å²) in [5.74, 6) is -0.227. The lowest BCUT2D eigenvalue weighted by Crippen LogP contribution is -2.01. The van der Waals surface area contributed by atoms with Crippen molar-refractivity contribution >= 4 is 5.78 Å². The average molecular weight is 313 g/mol. The van der Waals surface area contributed by atoms with E-state index in [0.717, 1.165) is 19.4 Å². The number of hydrogen-bond donors (Lipinski definition) is 0. The number of unbranched alkanes of at least 4 members (excludes halogenated alkanes) is 1. The van der Waals surface area contributed by atoms with Crippen LogP contribution in [0.15, 0.2) is 53.6 Å². The van der Waals surface area contributed by atoms with Gasteiger partial charge in [0.15, 0.2) is 11.5 Å². The lowest BCUT2D eigenvalue weighted by Gasteiger charge is -2.00. The predicted molar refractivity (Wildman–Crippen MR) is 82.3 cm³/mol. The number of nitrogens with zero attached hydrogens (tertiary/aromatic N) is 3. The lowest BCUT2D eigenvalue weighted by atomic mass is 10.1. The molecule has 0 radical (unpaired) electrons. The first-order chi connectivity index (χ1) is 11.2. The third kappa shape index (κ3) is 3.71. The van der Waals surface area contributed by atoms with Crippen LogP contribution in [0.3, 0.4) is 0 Å². The zero-order chi connectivity index (χ0) is 16.1. The molecule has 0 N–H and O–H groups in total. The molecule has 0 atom stereocenters. The van der Waals surface area contributed by atoms with Gasteiger partial charge in [0.1, 0.15) is 11.5 Å². The van der Waals surface area contributed by atoms with Crippen LogP contribution >= 0.6 is 0 Å². The van der Waals surface area contributed by atoms with Crippen molar-refractivity contribution in [2.45, 2.75) is 25.8 Å². The predicted octanol–water partition coefficient (Wildman–Crippen LogP) is 3.73. The quantitative estimate of drug-likeness (QED) is 0.492. The highest BCUT2D eigenvalue weighted by Gasteiger charge is 2.15. The van der Waals surface area contributed by atoms with Crippen LogP contribution in [0.5, 0.6) is 0 Å². The van der Waals surface area contributed by atoms with Crippen molar-refractivity contribution < 1.29 is 13.7 Å². The minimum atomic E-state index is -0.400. The van der Waals surface area contributed by atoms with Gasteiger partial charge in [-0.1, -0.05) is 17.3 Å². The summed E-state index contributed by atoms with van der Waals surface area (Å²) in [5.41, 5.74) is 0.546. The Morgan fingerprint density at radius 3 is 2.91 bits per heavy atom. The summed E-state index contributed by atoms with van der Waals surface area (Å²) in [4.78, 5) is 16.1. The fourth-order valence-corrected chi connectivity index (χ4v) is 2.32. The van der Waals surface area contributed by atoms with E-state index in [1.54, 1.807) is 30.7 Å². The molecule has 2 aromatic heterocycles. The largest absolute Gasteiger partial charge is 0.355 e. The fourth-order valence-electron chi connectivity index (χ4n) is 2.32. The molecule has 0 amide bonds. The Balaban J connectivity index is 1.55. The molecule has 0 saturated carbocycles. The number of halogens is 1. The van der Waals surface area contributed by atoms with Gasteiger partial charge in [0, 0.05) is 31.4 Å². The SMILES string of the molecule is O=C(CCCCn1ccnc1)c1cc(-c2ccccc2F)on1. The second-order valence-corrected chi connectivity index (χ2v) is 5.24. The van der Waals surface area contributed by atoms with E-state index in [1.165, 1.54) is 12.1 Å². The topological polar surface area (TPSA) is 60.9 Å². The molecule has 0 aliphatic heterocycles. The molecule has 23 heavy (non-hydrogen) atoms. The molecule has 118 valence electrons. The molecule has 0 bridgehead atoms. The molecule has 0 unspecified atom stereocenters. The number of ketones is 1. The number of aryl methyl sites for hydroxylation is 1. The van der Waals surface area contributed by atoms with Gasteiger partial charge in [-0.3, -0.25) is 4.79 Å². The Hall–Kier alpha value is -2.76. The molecule has 0 aliphatic rings. The van der Waals surface area contributed by atoms with Crippen LogP contribution in [-0.4, -0.2) is 20.5 Å². The number of aromatic nitrogens is 3. The van der Waals surface area contributed by atoms with Gasteiger partial charge >= 0.3 is 0 Å². The van der Waals surface area contributed by atoms with Crippen molar-refractivity contribution in [3.63, 3.8) is 0 Å². The summed E-state index contributed by atoms with van der Waals surface area (Å²) in [5, 5.41) is 3.76. The summed E-state index contributed by atoms with van der Waals surface area (Å²) in [7, 11) is 0. The van der Waals surface area contributed by atoms with Gasteiger partial charge in [0.25, 0.3) is 0 Å². The minimum Gasteiger partial charge on any atom is -0.355 e. The first kappa shape index (κ1) is 15.1. The Kier molecular flexibility index (Phi) is 4.61. The summed E-state index contributed by atoms with van der Waals surface area (Å²) >= 11 is 0. The third-order valence-corrected chi connectivity index (χ3v) is 3.56. The van der Waals surface area contributed by atoms with Crippen LogP contribution in [0.2, 0.25) is 0 Å². The van der Waals surface area contributed by atoms with Crippen LogP contribution < -0.4 is 0 Å². The van der Waals surface area contributed by atoms with E-state index in [0.29, 0.717) is 12.0 Å². The van der Waals surface area contributed by atoms with E-state index in [1.807, 2.05) is 10.8 Å². The average Bonchev–Trinajstić information content (AvgIpc) is 3.23. The van der Waals surface area contributed by atoms with E-state index >= 15 is 0 Å². The second-order valence-electron chi connectivity index (χ2n) is 5.24. The Bertz CT molecular complexity index is 781. The van der Waals surface area contributed by atoms with Crippen LogP contribution in [0.25, 0.3) is 11.3 Å². The van der Waals surface area contributed by atoms with Gasteiger partial charge in [0.05, 0.1) is 11.9 Å². The Morgan fingerprint density at radius 1 is 1.26 bits per heavy atom. The molecule has 0 fully saturated rings. The zero-order valence-corrected chi connectivity index (χ0v) is 12.5. The highest BCUT2D eigenvalue weighted by molar-refractivity contribution is 5.94. The number of imidazole rings is 1. The van der Waals surface area contributed by atoms with E-state index in [-0.39, 0.29) is 17.2 Å². The molecule has 3 aromatic rings. The van der Waals surface area contributed by atoms with E-state index in [2.05, 4.69) is 10.1 Å². The van der Waals surface area contributed by atoms with Crippen molar-refractivity contribution in [3.05, 3.63) is 60.6 Å². The van der Waals surface area contributed by atoms with Crippen molar-refractivity contribution in [2.75, 3.05) is 0 Å². The van der Waals surface area contributed by atoms with Crippen LogP contribution in [0, 0.1) is 5.82 Å². The van der Waals surface area contributed by atoms with E-state index < -0.39 is 5.82 Å². The maximum atomic E-state index is 13.7. The van der Waals surface area contributed by atoms with Gasteiger partial charge < -0.3 is 9.09 Å². The van der Waals surface area contributed by atoms with Gasteiger partial charge in [-0.2, -0.15) is 0 Å². The maximum Gasteiger partial charge on any atom is 0.184 e. The van der Waals surface area contributed by atoms with Gasteiger partial charge in [-0.05, 0) is 25.0 Å². The first-order valence-corrected chi connectivity index (χ1v) is 7.44. The molecule has 1 aromatic carbocycles. The summed E-state index contributed by atoms with van der Waals surface area (Å²) in [6, 6.07) is 7.74. The molecule has 3 rings (SSSR count). The molecular formula is C17H16FN3O2. The number of carbonyl (C=O) groups is 1. The molecule has 5 nitrogen and oxygen atoms in total. The minimum absolute atomic E-state index is 0.0954. The molecule has 0 saturated heterocycles. The highest BCUT2D eigenvalue weighted by atomic mass is 19.1. The number of rotatable bonds is 7. The van der Waals surface area contributed by atoms with Crippen molar-refractivity contribution in [1.82, 2.24) is 14.7 Å². The summed E-state index contributed by atoms with van der Waals surface area (Å²) in [6.07, 6.45) is 7.38. The number of carbonyl (C=O) groups excluding carboxylic acids is 1. The van der Waals surface area contributed by atoms with Gasteiger partial charge in [-0.25, -0.2) is 9.37 Å². The van der Waals surface area contributed by atoms with Crippen LogP contribution in [-0.2, 0) is 6.54 Å². The van der Waals surface area contributed by atoms with Gasteiger partial charge in [-0.15, -0.1) is 0 Å². The van der Waals surface area contributed by atoms with Crippen molar-refractivity contribution in [2.24, 2.45) is 0 Å². The molecule has 0 spiro atoms. The Labute approximate surface area is 132 Å². The monoisotopic (exact) mass is 313 g/mol. The number of benzene rings is 1. The third-order valence-electron chi connectivity index (χ3n) is 3.56. The molecule has 2 heterocycles. The van der Waals surface area contributed by atoms with Crippen LogP contribution in [0.1, 0.15) is 29.8 Å². The molecular weight excluding hydrogens is 297 g/mol. The first-order valence-electron chi connectivity index (χ1n) is 7.44. The van der Waals surface area contributed by atoms with Crippen LogP contribution in [0.4, 0.5) is 4.39 Å². The summed E-state index contributed by atoms with van der Waals surface area (Å²) < 4.78 is 20.8. The number of Topliss-reactive ketones (excluding diaryl/α,β-unsaturated/α-hetero) is 1. The summed E-state index contributed by atoms with van der Waals surface area (Å²) in [6.45, 7) is 0.826. The smallest absolute Gasteiger partial charge is 0.184 e. The Morgan fingerprint density at radius 2 is 2.13 bits per heavy atom. The second kappa shape index (κ2) is 7.00. The molecule has 6 heteroatoms. The maximum absolute atomic E-state index is 13.7. The zero-order valence-electron chi connectivity index (χ0n) is 12.5. The standard InChI is InChI=1S/C17H16FN3O2/c18-14-6-2-1-5-13(14)17-11-15(20-23-17)16(22)7-3-4-9-21-10-8-19-12-21/h1-2,5-6,8,10-12H,3-4,7,9H2. The normalized spacial score (nSPS) is 10.8. The van der Waals surface area contributed by atoms with Crippen molar-refractivity contribution in [3.8, 4) is 11.3 Å². The fraction of sp³-hybridized carbons (Fsp3) is 0.235. The number of hydrogen-bond acceptors (Lipinski definition) is 4. The van der Waals surface area contributed by atoms with Gasteiger partial charge in [0.2, 0.25) is 0 Å². The molecule has 0 aliphatic carbocycles. The lowest BCUT2D eigenvalue weighted by molar-refractivity contribution is 0.0970. The van der Waals surface area contributed by atoms with Crippen molar-refractivity contribution in [1.29, 1.82) is 0 Å². The highest BCUT2D eigenvalue weighted by Crippen LogP contribution is 2.23. The van der Waals surface area contributed by atoms with E-state index in [4.69, 9.17) is 4.52 Å².